The number of hydrogen-bond acceptors (Lipinski definition) is 2. The quantitative estimate of drug-likeness (QED) is 0.890. The highest BCUT2D eigenvalue weighted by atomic mass is 19.1. The first-order valence-corrected chi connectivity index (χ1v) is 6.68. The summed E-state index contributed by atoms with van der Waals surface area (Å²) in [5.41, 5.74) is 5.75. The molecule has 4 heteroatoms. The fourth-order valence-electron chi connectivity index (χ4n) is 2.10. The monoisotopic (exact) mass is 266 g/mol. The summed E-state index contributed by atoms with van der Waals surface area (Å²) >= 11 is 0. The SMILES string of the molecule is CCC(N)(CC)C(=O)N(C)C(C)c1ccccc1F. The highest BCUT2D eigenvalue weighted by molar-refractivity contribution is 5.86. The molecule has 0 radical (unpaired) electrons. The van der Waals surface area contributed by atoms with E-state index in [1.54, 1.807) is 25.2 Å². The number of rotatable bonds is 5. The molecule has 2 N–H and O–H groups in total. The molecule has 0 aliphatic rings. The van der Waals surface area contributed by atoms with Crippen molar-refractivity contribution in [2.24, 2.45) is 5.73 Å². The Bertz CT molecular complexity index is 444. The molecular formula is C15H23FN2O. The topological polar surface area (TPSA) is 46.3 Å². The lowest BCUT2D eigenvalue weighted by Crippen LogP contribution is -2.54. The van der Waals surface area contributed by atoms with Crippen LogP contribution in [0.2, 0.25) is 0 Å². The van der Waals surface area contributed by atoms with Gasteiger partial charge in [0, 0.05) is 12.6 Å². The Balaban J connectivity index is 2.98. The molecular weight excluding hydrogens is 243 g/mol. The van der Waals surface area contributed by atoms with Gasteiger partial charge in [-0.05, 0) is 25.8 Å². The van der Waals surface area contributed by atoms with E-state index in [0.29, 0.717) is 18.4 Å². The molecule has 0 aliphatic heterocycles. The Morgan fingerprint density at radius 1 is 1.37 bits per heavy atom. The zero-order valence-electron chi connectivity index (χ0n) is 12.1. The minimum Gasteiger partial charge on any atom is -0.337 e. The van der Waals surface area contributed by atoms with Crippen LogP contribution >= 0.6 is 0 Å². The van der Waals surface area contributed by atoms with E-state index in [1.807, 2.05) is 20.8 Å². The van der Waals surface area contributed by atoms with Gasteiger partial charge in [-0.3, -0.25) is 4.79 Å². The standard InChI is InChI=1S/C15H23FN2O/c1-5-15(17,6-2)14(19)18(4)11(3)12-9-7-8-10-13(12)16/h7-11H,5-6,17H2,1-4H3. The second-order valence-electron chi connectivity index (χ2n) is 4.98. The van der Waals surface area contributed by atoms with Gasteiger partial charge in [0.25, 0.3) is 0 Å². The zero-order chi connectivity index (χ0) is 14.6. The molecule has 0 bridgehead atoms. The summed E-state index contributed by atoms with van der Waals surface area (Å²) in [6.07, 6.45) is 1.13. The number of carbonyl (C=O) groups is 1. The van der Waals surface area contributed by atoms with Gasteiger partial charge in [0.05, 0.1) is 11.6 Å². The molecule has 1 atom stereocenters. The lowest BCUT2D eigenvalue weighted by molar-refractivity contribution is -0.138. The van der Waals surface area contributed by atoms with Gasteiger partial charge in [-0.2, -0.15) is 0 Å². The lowest BCUT2D eigenvalue weighted by atomic mass is 9.91. The van der Waals surface area contributed by atoms with Crippen LogP contribution in [0.25, 0.3) is 0 Å². The third-order valence-corrected chi connectivity index (χ3v) is 3.94. The van der Waals surface area contributed by atoms with Gasteiger partial charge in [0.1, 0.15) is 5.82 Å². The van der Waals surface area contributed by atoms with Crippen LogP contribution in [0.5, 0.6) is 0 Å². The van der Waals surface area contributed by atoms with Crippen molar-refractivity contribution in [3.05, 3.63) is 35.6 Å². The Morgan fingerprint density at radius 2 is 1.89 bits per heavy atom. The minimum absolute atomic E-state index is 0.145. The van der Waals surface area contributed by atoms with Crippen molar-refractivity contribution in [2.45, 2.75) is 45.2 Å². The van der Waals surface area contributed by atoms with Gasteiger partial charge in [-0.15, -0.1) is 0 Å². The van der Waals surface area contributed by atoms with Crippen molar-refractivity contribution in [2.75, 3.05) is 7.05 Å². The van der Waals surface area contributed by atoms with Gasteiger partial charge < -0.3 is 10.6 Å². The second-order valence-corrected chi connectivity index (χ2v) is 4.98. The highest BCUT2D eigenvalue weighted by Crippen LogP contribution is 2.25. The van der Waals surface area contributed by atoms with Crippen LogP contribution < -0.4 is 5.73 Å². The molecule has 19 heavy (non-hydrogen) atoms. The molecule has 0 fully saturated rings. The lowest BCUT2D eigenvalue weighted by Gasteiger charge is -2.34. The summed E-state index contributed by atoms with van der Waals surface area (Å²) in [5, 5.41) is 0. The van der Waals surface area contributed by atoms with E-state index < -0.39 is 5.54 Å². The van der Waals surface area contributed by atoms with Gasteiger partial charge in [-0.25, -0.2) is 4.39 Å². The van der Waals surface area contributed by atoms with E-state index in [-0.39, 0.29) is 17.8 Å². The maximum absolute atomic E-state index is 13.8. The first kappa shape index (κ1) is 15.6. The van der Waals surface area contributed by atoms with E-state index in [9.17, 15) is 9.18 Å². The average molecular weight is 266 g/mol. The third kappa shape index (κ3) is 3.13. The van der Waals surface area contributed by atoms with Crippen LogP contribution in [0.3, 0.4) is 0 Å². The number of amides is 1. The third-order valence-electron chi connectivity index (χ3n) is 3.94. The summed E-state index contributed by atoms with van der Waals surface area (Å²) in [7, 11) is 1.67. The van der Waals surface area contributed by atoms with Crippen LogP contribution in [0, 0.1) is 5.82 Å². The summed E-state index contributed by atoms with van der Waals surface area (Å²) in [6.45, 7) is 5.59. The number of nitrogens with zero attached hydrogens (tertiary/aromatic N) is 1. The van der Waals surface area contributed by atoms with E-state index in [0.717, 1.165) is 0 Å². The predicted octanol–water partition coefficient (Wildman–Crippen LogP) is 2.86. The number of halogens is 1. The summed E-state index contributed by atoms with van der Waals surface area (Å²) < 4.78 is 13.8. The molecule has 1 aromatic rings. The number of carbonyl (C=O) groups excluding carboxylic acids is 1. The maximum atomic E-state index is 13.8. The summed E-state index contributed by atoms with van der Waals surface area (Å²) in [4.78, 5) is 14.0. The number of benzene rings is 1. The molecule has 0 heterocycles. The largest absolute Gasteiger partial charge is 0.337 e. The smallest absolute Gasteiger partial charge is 0.242 e. The Labute approximate surface area is 114 Å². The van der Waals surface area contributed by atoms with Gasteiger partial charge in [-0.1, -0.05) is 32.0 Å². The number of likely N-dealkylation sites (N-methyl/N-ethyl adjacent to an activating group) is 1. The molecule has 0 saturated heterocycles. The molecule has 0 aliphatic carbocycles. The van der Waals surface area contributed by atoms with Crippen LogP contribution in [0.4, 0.5) is 4.39 Å². The van der Waals surface area contributed by atoms with Crippen molar-refractivity contribution < 1.29 is 9.18 Å². The predicted molar refractivity (Wildman–Crippen MR) is 75.1 cm³/mol. The molecule has 3 nitrogen and oxygen atoms in total. The summed E-state index contributed by atoms with van der Waals surface area (Å²) in [5.74, 6) is -0.446. The molecule has 1 unspecified atom stereocenters. The number of nitrogens with two attached hydrogens (primary N) is 1. The van der Waals surface area contributed by atoms with Gasteiger partial charge in [0.15, 0.2) is 0 Å². The molecule has 0 aromatic heterocycles. The second kappa shape index (κ2) is 6.15. The molecule has 0 spiro atoms. The van der Waals surface area contributed by atoms with Crippen molar-refractivity contribution in [3.8, 4) is 0 Å². The Morgan fingerprint density at radius 3 is 2.37 bits per heavy atom. The Kier molecular flexibility index (Phi) is 5.06. The number of hydrogen-bond donors (Lipinski definition) is 1. The van der Waals surface area contributed by atoms with E-state index in [2.05, 4.69) is 0 Å². The molecule has 106 valence electrons. The Hall–Kier alpha value is -1.42. The van der Waals surface area contributed by atoms with Crippen molar-refractivity contribution >= 4 is 5.91 Å². The fourth-order valence-corrected chi connectivity index (χ4v) is 2.10. The highest BCUT2D eigenvalue weighted by Gasteiger charge is 2.34. The normalized spacial score (nSPS) is 13.2. The van der Waals surface area contributed by atoms with Crippen molar-refractivity contribution in [1.29, 1.82) is 0 Å². The fraction of sp³-hybridized carbons (Fsp3) is 0.533. The van der Waals surface area contributed by atoms with Gasteiger partial charge in [0.2, 0.25) is 5.91 Å². The zero-order valence-corrected chi connectivity index (χ0v) is 12.1. The van der Waals surface area contributed by atoms with E-state index in [1.165, 1.54) is 11.0 Å². The van der Waals surface area contributed by atoms with Crippen LogP contribution in [-0.2, 0) is 4.79 Å². The average Bonchev–Trinajstić information content (AvgIpc) is 2.44. The first-order chi connectivity index (χ1) is 8.87. The minimum atomic E-state index is -0.867. The maximum Gasteiger partial charge on any atom is 0.242 e. The van der Waals surface area contributed by atoms with E-state index in [4.69, 9.17) is 5.73 Å². The first-order valence-electron chi connectivity index (χ1n) is 6.68. The van der Waals surface area contributed by atoms with Crippen molar-refractivity contribution in [3.63, 3.8) is 0 Å². The van der Waals surface area contributed by atoms with Crippen LogP contribution in [0.1, 0.15) is 45.2 Å². The van der Waals surface area contributed by atoms with Crippen LogP contribution in [0.15, 0.2) is 24.3 Å². The molecule has 1 amide bonds. The van der Waals surface area contributed by atoms with Gasteiger partial charge >= 0.3 is 0 Å². The molecule has 1 rings (SSSR count). The summed E-state index contributed by atoms with van der Waals surface area (Å²) in [6, 6.07) is 6.16. The molecule has 0 saturated carbocycles. The molecule has 1 aromatic carbocycles. The van der Waals surface area contributed by atoms with Crippen molar-refractivity contribution in [1.82, 2.24) is 4.90 Å². The van der Waals surface area contributed by atoms with E-state index >= 15 is 0 Å². The van der Waals surface area contributed by atoms with Crippen LogP contribution in [-0.4, -0.2) is 23.4 Å².